The first kappa shape index (κ1) is 19.9. The molecule has 2 atom stereocenters. The molecule has 1 N–H and O–H groups in total. The molecule has 122 valence electrons. The van der Waals surface area contributed by atoms with E-state index >= 15 is 0 Å². The standard InChI is InChI=1S/C18H39NO/c1-5-9-10-11-12-13-16-20-18(8-4)17(14-6-2)19-15-7-3/h17-19H,5-16H2,1-4H3. The van der Waals surface area contributed by atoms with E-state index in [1.807, 2.05) is 0 Å². The average Bonchev–Trinajstić information content (AvgIpc) is 2.47. The Morgan fingerprint density at radius 1 is 0.800 bits per heavy atom. The van der Waals surface area contributed by atoms with E-state index in [1.165, 1.54) is 57.8 Å². The van der Waals surface area contributed by atoms with Gasteiger partial charge in [0.25, 0.3) is 0 Å². The highest BCUT2D eigenvalue weighted by molar-refractivity contribution is 4.75. The van der Waals surface area contributed by atoms with Gasteiger partial charge in [0.2, 0.25) is 0 Å². The Bertz CT molecular complexity index is 184. The van der Waals surface area contributed by atoms with Crippen LogP contribution in [0.15, 0.2) is 0 Å². The first-order valence-electron chi connectivity index (χ1n) is 9.14. The summed E-state index contributed by atoms with van der Waals surface area (Å²) in [6, 6.07) is 0.546. The molecule has 0 aliphatic carbocycles. The third-order valence-corrected chi connectivity index (χ3v) is 3.94. The van der Waals surface area contributed by atoms with Crippen molar-refractivity contribution in [2.24, 2.45) is 0 Å². The third kappa shape index (κ3) is 10.7. The Labute approximate surface area is 128 Å². The zero-order valence-electron chi connectivity index (χ0n) is 14.5. The average molecular weight is 286 g/mol. The molecule has 0 aromatic rings. The first-order valence-corrected chi connectivity index (χ1v) is 9.14. The molecule has 0 saturated heterocycles. The minimum Gasteiger partial charge on any atom is -0.377 e. The van der Waals surface area contributed by atoms with E-state index in [9.17, 15) is 0 Å². The second-order valence-electron chi connectivity index (χ2n) is 5.93. The number of unbranched alkanes of at least 4 members (excludes halogenated alkanes) is 5. The van der Waals surface area contributed by atoms with Crippen LogP contribution >= 0.6 is 0 Å². The van der Waals surface area contributed by atoms with E-state index in [0.717, 1.165) is 19.6 Å². The lowest BCUT2D eigenvalue weighted by Crippen LogP contribution is -2.41. The van der Waals surface area contributed by atoms with E-state index in [0.29, 0.717) is 12.1 Å². The Kier molecular flexibility index (Phi) is 15.3. The second kappa shape index (κ2) is 15.3. The largest absolute Gasteiger partial charge is 0.377 e. The predicted octanol–water partition coefficient (Wildman–Crippen LogP) is 5.31. The van der Waals surface area contributed by atoms with Gasteiger partial charge in [-0.15, -0.1) is 0 Å². The molecular formula is C18H39NO. The van der Waals surface area contributed by atoms with Crippen molar-refractivity contribution in [2.45, 2.75) is 104 Å². The van der Waals surface area contributed by atoms with Crippen LogP contribution in [-0.2, 0) is 4.74 Å². The van der Waals surface area contributed by atoms with Crippen molar-refractivity contribution in [2.75, 3.05) is 13.2 Å². The lowest BCUT2D eigenvalue weighted by atomic mass is 10.0. The lowest BCUT2D eigenvalue weighted by molar-refractivity contribution is 0.0194. The lowest BCUT2D eigenvalue weighted by Gasteiger charge is -2.27. The smallest absolute Gasteiger partial charge is 0.0725 e. The van der Waals surface area contributed by atoms with Gasteiger partial charge in [0, 0.05) is 12.6 Å². The van der Waals surface area contributed by atoms with Crippen LogP contribution in [0.5, 0.6) is 0 Å². The fourth-order valence-corrected chi connectivity index (χ4v) is 2.70. The molecule has 0 amide bonds. The maximum Gasteiger partial charge on any atom is 0.0725 e. The highest BCUT2D eigenvalue weighted by Gasteiger charge is 2.18. The molecule has 0 rings (SSSR count). The minimum atomic E-state index is 0.400. The summed E-state index contributed by atoms with van der Waals surface area (Å²) in [6.07, 6.45) is 13.2. The number of hydrogen-bond acceptors (Lipinski definition) is 2. The van der Waals surface area contributed by atoms with Crippen molar-refractivity contribution < 1.29 is 4.74 Å². The summed E-state index contributed by atoms with van der Waals surface area (Å²) in [7, 11) is 0. The van der Waals surface area contributed by atoms with Crippen LogP contribution in [0.4, 0.5) is 0 Å². The summed E-state index contributed by atoms with van der Waals surface area (Å²) < 4.78 is 6.15. The van der Waals surface area contributed by atoms with Crippen molar-refractivity contribution in [1.29, 1.82) is 0 Å². The molecular weight excluding hydrogens is 246 g/mol. The van der Waals surface area contributed by atoms with E-state index in [2.05, 4.69) is 33.0 Å². The Morgan fingerprint density at radius 3 is 2.10 bits per heavy atom. The molecule has 20 heavy (non-hydrogen) atoms. The highest BCUT2D eigenvalue weighted by atomic mass is 16.5. The van der Waals surface area contributed by atoms with E-state index in [-0.39, 0.29) is 0 Å². The second-order valence-corrected chi connectivity index (χ2v) is 5.93. The summed E-state index contributed by atoms with van der Waals surface area (Å²) in [6.45, 7) is 11.1. The highest BCUT2D eigenvalue weighted by Crippen LogP contribution is 2.12. The van der Waals surface area contributed by atoms with Crippen LogP contribution in [0.1, 0.15) is 91.9 Å². The SMILES string of the molecule is CCCCCCCCOC(CC)C(CCC)NCCC. The first-order chi connectivity index (χ1) is 9.79. The molecule has 0 aliphatic rings. The Balaban J connectivity index is 3.79. The van der Waals surface area contributed by atoms with Gasteiger partial charge in [-0.2, -0.15) is 0 Å². The summed E-state index contributed by atoms with van der Waals surface area (Å²) in [5.74, 6) is 0. The molecule has 0 aromatic heterocycles. The Hall–Kier alpha value is -0.0800. The summed E-state index contributed by atoms with van der Waals surface area (Å²) in [4.78, 5) is 0. The molecule has 0 fully saturated rings. The third-order valence-electron chi connectivity index (χ3n) is 3.94. The zero-order valence-corrected chi connectivity index (χ0v) is 14.5. The topological polar surface area (TPSA) is 21.3 Å². The van der Waals surface area contributed by atoms with Crippen molar-refractivity contribution in [1.82, 2.24) is 5.32 Å². The van der Waals surface area contributed by atoms with Gasteiger partial charge in [0.1, 0.15) is 0 Å². The molecule has 0 saturated carbocycles. The molecule has 2 nitrogen and oxygen atoms in total. The van der Waals surface area contributed by atoms with Crippen LogP contribution in [0, 0.1) is 0 Å². The van der Waals surface area contributed by atoms with Crippen LogP contribution in [0.2, 0.25) is 0 Å². The molecule has 0 aromatic carbocycles. The van der Waals surface area contributed by atoms with Crippen molar-refractivity contribution in [3.63, 3.8) is 0 Å². The number of rotatable bonds is 15. The van der Waals surface area contributed by atoms with Gasteiger partial charge in [-0.1, -0.05) is 66.2 Å². The fourth-order valence-electron chi connectivity index (χ4n) is 2.70. The molecule has 2 heteroatoms. The molecule has 0 heterocycles. The maximum absolute atomic E-state index is 6.15. The predicted molar refractivity (Wildman–Crippen MR) is 90.4 cm³/mol. The Morgan fingerprint density at radius 2 is 1.50 bits per heavy atom. The zero-order chi connectivity index (χ0) is 15.1. The van der Waals surface area contributed by atoms with Gasteiger partial charge in [-0.25, -0.2) is 0 Å². The number of ether oxygens (including phenoxy) is 1. The van der Waals surface area contributed by atoms with Gasteiger partial charge in [0.05, 0.1) is 6.10 Å². The maximum atomic E-state index is 6.15. The fraction of sp³-hybridized carbons (Fsp3) is 1.00. The quantitative estimate of drug-likeness (QED) is 0.412. The van der Waals surface area contributed by atoms with Gasteiger partial charge >= 0.3 is 0 Å². The minimum absolute atomic E-state index is 0.400. The van der Waals surface area contributed by atoms with Gasteiger partial charge in [-0.3, -0.25) is 0 Å². The van der Waals surface area contributed by atoms with Crippen LogP contribution in [-0.4, -0.2) is 25.3 Å². The summed E-state index contributed by atoms with van der Waals surface area (Å²) in [5.41, 5.74) is 0. The molecule has 0 aliphatic heterocycles. The molecule has 0 bridgehead atoms. The molecule has 0 radical (unpaired) electrons. The van der Waals surface area contributed by atoms with Crippen molar-refractivity contribution in [3.05, 3.63) is 0 Å². The molecule has 2 unspecified atom stereocenters. The van der Waals surface area contributed by atoms with E-state index in [1.54, 1.807) is 0 Å². The van der Waals surface area contributed by atoms with E-state index in [4.69, 9.17) is 4.74 Å². The van der Waals surface area contributed by atoms with Crippen LogP contribution in [0.3, 0.4) is 0 Å². The number of hydrogen-bond donors (Lipinski definition) is 1. The molecule has 0 spiro atoms. The monoisotopic (exact) mass is 285 g/mol. The van der Waals surface area contributed by atoms with Gasteiger partial charge in [-0.05, 0) is 32.2 Å². The van der Waals surface area contributed by atoms with Crippen molar-refractivity contribution in [3.8, 4) is 0 Å². The van der Waals surface area contributed by atoms with Crippen LogP contribution < -0.4 is 5.32 Å². The number of nitrogens with one attached hydrogen (secondary N) is 1. The van der Waals surface area contributed by atoms with Crippen molar-refractivity contribution >= 4 is 0 Å². The van der Waals surface area contributed by atoms with E-state index < -0.39 is 0 Å². The summed E-state index contributed by atoms with van der Waals surface area (Å²) in [5, 5.41) is 3.67. The van der Waals surface area contributed by atoms with Gasteiger partial charge in [0.15, 0.2) is 0 Å². The normalized spacial score (nSPS) is 14.4. The van der Waals surface area contributed by atoms with Gasteiger partial charge < -0.3 is 10.1 Å². The van der Waals surface area contributed by atoms with Crippen LogP contribution in [0.25, 0.3) is 0 Å². The summed E-state index contributed by atoms with van der Waals surface area (Å²) >= 11 is 0.